The number of anilines is 1. The Kier molecular flexibility index (Phi) is 4.77. The van der Waals surface area contributed by atoms with E-state index < -0.39 is 6.10 Å². The van der Waals surface area contributed by atoms with Gasteiger partial charge in [0, 0.05) is 23.3 Å². The molecule has 2 atom stereocenters. The van der Waals surface area contributed by atoms with E-state index in [-0.39, 0.29) is 11.5 Å². The zero-order chi connectivity index (χ0) is 18.3. The zero-order valence-corrected chi connectivity index (χ0v) is 16.9. The van der Waals surface area contributed by atoms with Crippen LogP contribution in [0.3, 0.4) is 0 Å². The van der Waals surface area contributed by atoms with E-state index in [9.17, 15) is 5.11 Å². The summed E-state index contributed by atoms with van der Waals surface area (Å²) in [5.41, 5.74) is 1.06. The maximum atomic E-state index is 10.5. The summed E-state index contributed by atoms with van der Waals surface area (Å²) in [5.74, 6) is 0. The molecule has 3 aromatic rings. The summed E-state index contributed by atoms with van der Waals surface area (Å²) in [6.07, 6.45) is 2.18. The fourth-order valence-corrected chi connectivity index (χ4v) is 4.83. The van der Waals surface area contributed by atoms with Gasteiger partial charge in [-0.05, 0) is 11.4 Å². The van der Waals surface area contributed by atoms with Crippen molar-refractivity contribution >= 4 is 32.8 Å². The maximum absolute atomic E-state index is 10.5. The van der Waals surface area contributed by atoms with Crippen LogP contribution in [0.15, 0.2) is 23.7 Å². The lowest BCUT2D eigenvalue weighted by Gasteiger charge is -2.36. The first-order valence-corrected chi connectivity index (χ1v) is 10.5. The van der Waals surface area contributed by atoms with Crippen molar-refractivity contribution in [2.24, 2.45) is 0 Å². The van der Waals surface area contributed by atoms with E-state index in [0.29, 0.717) is 19.6 Å². The molecule has 0 radical (unpaired) electrons. The van der Waals surface area contributed by atoms with Crippen molar-refractivity contribution in [1.29, 1.82) is 0 Å². The molecule has 1 fully saturated rings. The first-order valence-electron chi connectivity index (χ1n) is 8.84. The third-order valence-electron chi connectivity index (χ3n) is 4.64. The molecule has 6 nitrogen and oxygen atoms in total. The number of aliphatic hydroxyl groups excluding tert-OH is 1. The minimum Gasteiger partial charge on any atom is -0.387 e. The Bertz CT molecular complexity index is 834. The first kappa shape index (κ1) is 17.9. The summed E-state index contributed by atoms with van der Waals surface area (Å²) < 4.78 is 7.55. The van der Waals surface area contributed by atoms with E-state index in [2.05, 4.69) is 25.7 Å². The Morgan fingerprint density at radius 1 is 1.42 bits per heavy atom. The van der Waals surface area contributed by atoms with Gasteiger partial charge >= 0.3 is 0 Å². The fourth-order valence-electron chi connectivity index (χ4n) is 3.12. The summed E-state index contributed by atoms with van der Waals surface area (Å²) in [4.78, 5) is 8.91. The van der Waals surface area contributed by atoms with Gasteiger partial charge in [-0.15, -0.1) is 16.4 Å². The van der Waals surface area contributed by atoms with Gasteiger partial charge in [0.15, 0.2) is 0 Å². The van der Waals surface area contributed by atoms with Crippen molar-refractivity contribution in [3.8, 4) is 0 Å². The maximum Gasteiger partial charge on any atom is 0.214 e. The summed E-state index contributed by atoms with van der Waals surface area (Å²) in [6.45, 7) is 8.54. The van der Waals surface area contributed by atoms with Crippen LogP contribution in [0.1, 0.15) is 43.9 Å². The van der Waals surface area contributed by atoms with E-state index >= 15 is 0 Å². The van der Waals surface area contributed by atoms with E-state index in [1.54, 1.807) is 22.7 Å². The lowest BCUT2D eigenvalue weighted by molar-refractivity contribution is 0.0687. The topological polar surface area (TPSA) is 62.9 Å². The molecule has 140 valence electrons. The number of imidazole rings is 1. The molecule has 2 unspecified atom stereocenters. The number of thiophene rings is 1. The van der Waals surface area contributed by atoms with Gasteiger partial charge in [-0.25, -0.2) is 9.50 Å². The molecular formula is C18H24N4O2S2. The van der Waals surface area contributed by atoms with Crippen LogP contribution in [0, 0.1) is 0 Å². The van der Waals surface area contributed by atoms with Gasteiger partial charge in [-0.3, -0.25) is 0 Å². The van der Waals surface area contributed by atoms with Gasteiger partial charge in [0.2, 0.25) is 10.1 Å². The van der Waals surface area contributed by atoms with Gasteiger partial charge in [0.05, 0.1) is 37.3 Å². The molecule has 4 rings (SSSR count). The largest absolute Gasteiger partial charge is 0.387 e. The third-order valence-corrected chi connectivity index (χ3v) is 6.57. The smallest absolute Gasteiger partial charge is 0.214 e. The van der Waals surface area contributed by atoms with Crippen LogP contribution in [0.5, 0.6) is 0 Å². The molecule has 0 bridgehead atoms. The standard InChI is InChI=1S/C18H24N4O2S2/c1-18(2,3)15-10-22-16(19-15)26-17(20-22)21-6-7-24-11-12(21)9-13(23)14-5-4-8-25-14/h4-5,8,10,12-13,23H,6-7,9,11H2,1-3H3. The van der Waals surface area contributed by atoms with E-state index in [0.717, 1.165) is 27.2 Å². The Morgan fingerprint density at radius 3 is 2.96 bits per heavy atom. The molecule has 1 saturated heterocycles. The number of hydrogen-bond donors (Lipinski definition) is 1. The van der Waals surface area contributed by atoms with Crippen molar-refractivity contribution < 1.29 is 9.84 Å². The number of rotatable bonds is 4. The number of aromatic nitrogens is 3. The zero-order valence-electron chi connectivity index (χ0n) is 15.3. The lowest BCUT2D eigenvalue weighted by Crippen LogP contribution is -2.46. The number of ether oxygens (including phenoxy) is 1. The van der Waals surface area contributed by atoms with Gasteiger partial charge in [0.1, 0.15) is 0 Å². The quantitative estimate of drug-likeness (QED) is 0.736. The normalized spacial score (nSPS) is 20.0. The molecule has 0 amide bonds. The molecule has 4 heterocycles. The molecule has 26 heavy (non-hydrogen) atoms. The molecule has 3 aromatic heterocycles. The fraction of sp³-hybridized carbons (Fsp3) is 0.556. The highest BCUT2D eigenvalue weighted by atomic mass is 32.1. The van der Waals surface area contributed by atoms with Crippen molar-refractivity contribution in [1.82, 2.24) is 14.6 Å². The first-order chi connectivity index (χ1) is 12.4. The highest BCUT2D eigenvalue weighted by molar-refractivity contribution is 7.20. The Hall–Kier alpha value is -1.48. The SMILES string of the molecule is CC(C)(C)c1cn2nc(N3CCOCC3CC(O)c3cccs3)sc2n1. The molecule has 0 aromatic carbocycles. The molecule has 1 N–H and O–H groups in total. The second-order valence-electron chi connectivity index (χ2n) is 7.68. The van der Waals surface area contributed by atoms with Crippen molar-refractivity contribution in [2.45, 2.75) is 44.8 Å². The number of fused-ring (bicyclic) bond motifs is 1. The highest BCUT2D eigenvalue weighted by Crippen LogP contribution is 2.32. The van der Waals surface area contributed by atoms with Crippen LogP contribution in [0.25, 0.3) is 4.96 Å². The van der Waals surface area contributed by atoms with Crippen LogP contribution in [0.4, 0.5) is 5.13 Å². The molecular weight excluding hydrogens is 368 g/mol. The number of nitrogens with zero attached hydrogens (tertiary/aromatic N) is 4. The number of aliphatic hydroxyl groups is 1. The molecule has 0 spiro atoms. The van der Waals surface area contributed by atoms with E-state index in [1.165, 1.54) is 0 Å². The minimum atomic E-state index is -0.472. The Labute approximate surface area is 161 Å². The molecule has 0 saturated carbocycles. The summed E-state index contributed by atoms with van der Waals surface area (Å²) in [5, 5.41) is 18.2. The van der Waals surface area contributed by atoms with Crippen molar-refractivity contribution in [2.75, 3.05) is 24.7 Å². The molecule has 0 aliphatic carbocycles. The van der Waals surface area contributed by atoms with Crippen LogP contribution < -0.4 is 4.90 Å². The van der Waals surface area contributed by atoms with E-state index in [4.69, 9.17) is 14.8 Å². The van der Waals surface area contributed by atoms with Crippen LogP contribution in [0.2, 0.25) is 0 Å². The second kappa shape index (κ2) is 6.92. The molecule has 1 aliphatic rings. The summed E-state index contributed by atoms with van der Waals surface area (Å²) in [6, 6.07) is 4.06. The summed E-state index contributed by atoms with van der Waals surface area (Å²) in [7, 11) is 0. The van der Waals surface area contributed by atoms with Crippen molar-refractivity contribution in [3.63, 3.8) is 0 Å². The minimum absolute atomic E-state index is 0.0138. The average molecular weight is 393 g/mol. The number of morpholine rings is 1. The van der Waals surface area contributed by atoms with E-state index in [1.807, 2.05) is 28.2 Å². The molecule has 1 aliphatic heterocycles. The van der Waals surface area contributed by atoms with Crippen LogP contribution in [-0.4, -0.2) is 45.5 Å². The highest BCUT2D eigenvalue weighted by Gasteiger charge is 2.29. The van der Waals surface area contributed by atoms with Crippen LogP contribution >= 0.6 is 22.7 Å². The monoisotopic (exact) mass is 392 g/mol. The summed E-state index contributed by atoms with van der Waals surface area (Å²) >= 11 is 3.19. The Balaban J connectivity index is 1.56. The second-order valence-corrected chi connectivity index (χ2v) is 9.59. The molecule has 8 heteroatoms. The van der Waals surface area contributed by atoms with Crippen molar-refractivity contribution in [3.05, 3.63) is 34.3 Å². The number of hydrogen-bond acceptors (Lipinski definition) is 7. The third kappa shape index (κ3) is 3.51. The van der Waals surface area contributed by atoms with Gasteiger partial charge < -0.3 is 14.7 Å². The van der Waals surface area contributed by atoms with Gasteiger partial charge in [-0.2, -0.15) is 0 Å². The van der Waals surface area contributed by atoms with Gasteiger partial charge in [-0.1, -0.05) is 38.2 Å². The Morgan fingerprint density at radius 2 is 2.27 bits per heavy atom. The average Bonchev–Trinajstić information content (AvgIpc) is 3.30. The predicted molar refractivity (Wildman–Crippen MR) is 105 cm³/mol. The van der Waals surface area contributed by atoms with Crippen LogP contribution in [-0.2, 0) is 10.2 Å². The lowest BCUT2D eigenvalue weighted by atomic mass is 9.93. The van der Waals surface area contributed by atoms with Gasteiger partial charge in [0.25, 0.3) is 0 Å². The predicted octanol–water partition coefficient (Wildman–Crippen LogP) is 3.48.